The molecule has 1 aliphatic heterocycles. The van der Waals surface area contributed by atoms with Crippen LogP contribution in [0.4, 0.5) is 0 Å². The molecule has 0 saturated carbocycles. The Hall–Kier alpha value is 0.0400. The average molecular weight is 354 g/mol. The monoisotopic (exact) mass is 352 g/mol. The Balaban J connectivity index is 2.30. The molecule has 1 unspecified atom stereocenters. The van der Waals surface area contributed by atoms with E-state index in [9.17, 15) is 0 Å². The van der Waals surface area contributed by atoms with Crippen molar-refractivity contribution in [3.05, 3.63) is 27.2 Å². The molecule has 18 heavy (non-hydrogen) atoms. The lowest BCUT2D eigenvalue weighted by Crippen LogP contribution is -2.19. The molecule has 100 valence electrons. The van der Waals surface area contributed by atoms with Crippen LogP contribution < -0.4 is 4.74 Å². The second-order valence-corrected chi connectivity index (χ2v) is 6.12. The highest BCUT2D eigenvalue weighted by atomic mass is 79.9. The Bertz CT molecular complexity index is 420. The Morgan fingerprint density at radius 3 is 2.67 bits per heavy atom. The van der Waals surface area contributed by atoms with Gasteiger partial charge in [-0.2, -0.15) is 0 Å². The van der Waals surface area contributed by atoms with Crippen molar-refractivity contribution < 1.29 is 9.47 Å². The zero-order valence-corrected chi connectivity index (χ0v) is 13.2. The quantitative estimate of drug-likeness (QED) is 0.725. The van der Waals surface area contributed by atoms with Crippen LogP contribution in [-0.2, 0) is 4.74 Å². The van der Waals surface area contributed by atoms with Gasteiger partial charge in [-0.05, 0) is 46.8 Å². The molecule has 1 heterocycles. The highest BCUT2D eigenvalue weighted by Gasteiger charge is 2.27. The van der Waals surface area contributed by atoms with Gasteiger partial charge in [-0.3, -0.25) is 0 Å². The summed E-state index contributed by atoms with van der Waals surface area (Å²) in [5, 5.41) is 0.564. The smallest absolute Gasteiger partial charge is 0.137 e. The van der Waals surface area contributed by atoms with Gasteiger partial charge in [-0.25, -0.2) is 0 Å². The molecule has 2 rings (SSSR count). The molecule has 1 aliphatic rings. The summed E-state index contributed by atoms with van der Waals surface area (Å²) in [6.07, 6.45) is 1.95. The molecule has 0 aliphatic carbocycles. The molecule has 1 aromatic carbocycles. The number of alkyl halides is 1. The van der Waals surface area contributed by atoms with Gasteiger partial charge < -0.3 is 9.47 Å². The summed E-state index contributed by atoms with van der Waals surface area (Å²) < 4.78 is 11.6. The minimum absolute atomic E-state index is 0.0983. The van der Waals surface area contributed by atoms with Crippen LogP contribution in [0.25, 0.3) is 0 Å². The normalized spacial score (nSPS) is 18.7. The van der Waals surface area contributed by atoms with E-state index in [0.717, 1.165) is 41.8 Å². The summed E-state index contributed by atoms with van der Waals surface area (Å²) in [6, 6.07) is 3.70. The Labute approximate surface area is 126 Å². The van der Waals surface area contributed by atoms with Crippen LogP contribution >= 0.6 is 39.1 Å². The lowest BCUT2D eigenvalue weighted by molar-refractivity contribution is 0.0649. The third kappa shape index (κ3) is 3.13. The van der Waals surface area contributed by atoms with Gasteiger partial charge in [-0.1, -0.05) is 11.6 Å². The fourth-order valence-electron chi connectivity index (χ4n) is 2.26. The van der Waals surface area contributed by atoms with Gasteiger partial charge in [0.2, 0.25) is 0 Å². The largest absolute Gasteiger partial charge is 0.495 e. The maximum atomic E-state index is 6.60. The number of ether oxygens (including phenoxy) is 2. The van der Waals surface area contributed by atoms with Crippen molar-refractivity contribution in [2.24, 2.45) is 5.92 Å². The van der Waals surface area contributed by atoms with Crippen molar-refractivity contribution in [2.45, 2.75) is 18.2 Å². The predicted molar refractivity (Wildman–Crippen MR) is 77.8 cm³/mol. The van der Waals surface area contributed by atoms with Crippen molar-refractivity contribution >= 4 is 39.1 Å². The molecule has 0 amide bonds. The topological polar surface area (TPSA) is 18.5 Å². The number of hydrogen-bond donors (Lipinski definition) is 0. The maximum absolute atomic E-state index is 6.60. The van der Waals surface area contributed by atoms with Crippen LogP contribution in [0.5, 0.6) is 5.75 Å². The second-order valence-electron chi connectivity index (χ2n) is 4.36. The van der Waals surface area contributed by atoms with Crippen LogP contribution in [0.1, 0.15) is 23.8 Å². The molecule has 0 bridgehead atoms. The molecular formula is C13H15BrCl2O2. The standard InChI is InChI=1S/C13H15BrCl2O2/c1-17-13-10(6-9(15)7-11(13)14)12(16)8-2-4-18-5-3-8/h6-8,12H,2-5H2,1H3. The molecule has 1 fully saturated rings. The minimum Gasteiger partial charge on any atom is -0.495 e. The molecule has 1 atom stereocenters. The van der Waals surface area contributed by atoms with Crippen LogP contribution in [0.15, 0.2) is 16.6 Å². The van der Waals surface area contributed by atoms with E-state index in [1.807, 2.05) is 12.1 Å². The van der Waals surface area contributed by atoms with Gasteiger partial charge in [-0.15, -0.1) is 11.6 Å². The first kappa shape index (κ1) is 14.4. The van der Waals surface area contributed by atoms with E-state index in [1.54, 1.807) is 7.11 Å². The van der Waals surface area contributed by atoms with E-state index < -0.39 is 0 Å². The third-order valence-electron chi connectivity index (χ3n) is 3.22. The van der Waals surface area contributed by atoms with Crippen LogP contribution in [0.2, 0.25) is 5.02 Å². The summed E-state index contributed by atoms with van der Waals surface area (Å²) in [5.41, 5.74) is 0.949. The van der Waals surface area contributed by atoms with Gasteiger partial charge in [0.05, 0.1) is 17.0 Å². The fourth-order valence-corrected chi connectivity index (χ4v) is 3.67. The van der Waals surface area contributed by atoms with Crippen LogP contribution in [0, 0.1) is 5.92 Å². The number of benzene rings is 1. The van der Waals surface area contributed by atoms with Crippen LogP contribution in [-0.4, -0.2) is 20.3 Å². The maximum Gasteiger partial charge on any atom is 0.137 e. The van der Waals surface area contributed by atoms with Gasteiger partial charge >= 0.3 is 0 Å². The van der Waals surface area contributed by atoms with E-state index in [0.29, 0.717) is 10.9 Å². The van der Waals surface area contributed by atoms with E-state index in [2.05, 4.69) is 15.9 Å². The molecule has 0 N–H and O–H groups in total. The van der Waals surface area contributed by atoms with Crippen molar-refractivity contribution in [1.82, 2.24) is 0 Å². The second kappa shape index (κ2) is 6.47. The van der Waals surface area contributed by atoms with Crippen molar-refractivity contribution in [3.8, 4) is 5.75 Å². The molecule has 1 saturated heterocycles. The van der Waals surface area contributed by atoms with Gasteiger partial charge in [0.1, 0.15) is 5.75 Å². The third-order valence-corrected chi connectivity index (χ3v) is 4.62. The average Bonchev–Trinajstić information content (AvgIpc) is 2.38. The highest BCUT2D eigenvalue weighted by Crippen LogP contribution is 2.43. The van der Waals surface area contributed by atoms with Gasteiger partial charge in [0.15, 0.2) is 0 Å². The summed E-state index contributed by atoms with van der Waals surface area (Å²) in [6.45, 7) is 1.55. The number of methoxy groups -OCH3 is 1. The zero-order chi connectivity index (χ0) is 13.1. The predicted octanol–water partition coefficient (Wildman–Crippen LogP) is 4.82. The highest BCUT2D eigenvalue weighted by molar-refractivity contribution is 9.10. The SMILES string of the molecule is COc1c(Br)cc(Cl)cc1C(Cl)C1CCOCC1. The van der Waals surface area contributed by atoms with Gasteiger partial charge in [0.25, 0.3) is 0 Å². The van der Waals surface area contributed by atoms with E-state index in [-0.39, 0.29) is 5.38 Å². The van der Waals surface area contributed by atoms with Crippen molar-refractivity contribution in [1.29, 1.82) is 0 Å². The minimum atomic E-state index is -0.0983. The fraction of sp³-hybridized carbons (Fsp3) is 0.538. The number of hydrogen-bond acceptors (Lipinski definition) is 2. The Kier molecular flexibility index (Phi) is 5.19. The van der Waals surface area contributed by atoms with E-state index >= 15 is 0 Å². The molecule has 5 heteroatoms. The Morgan fingerprint density at radius 1 is 1.39 bits per heavy atom. The summed E-state index contributed by atoms with van der Waals surface area (Å²) in [7, 11) is 1.64. The van der Waals surface area contributed by atoms with Crippen molar-refractivity contribution in [3.63, 3.8) is 0 Å². The molecule has 0 spiro atoms. The summed E-state index contributed by atoms with van der Waals surface area (Å²) >= 11 is 16.1. The first-order chi connectivity index (χ1) is 8.63. The summed E-state index contributed by atoms with van der Waals surface area (Å²) in [4.78, 5) is 0. The molecule has 0 radical (unpaired) electrons. The molecular weight excluding hydrogens is 339 g/mol. The zero-order valence-electron chi connectivity index (χ0n) is 10.1. The Morgan fingerprint density at radius 2 is 2.06 bits per heavy atom. The lowest BCUT2D eigenvalue weighted by Gasteiger charge is -2.27. The first-order valence-electron chi connectivity index (χ1n) is 5.88. The van der Waals surface area contributed by atoms with Gasteiger partial charge in [0, 0.05) is 23.8 Å². The van der Waals surface area contributed by atoms with E-state index in [4.69, 9.17) is 32.7 Å². The summed E-state index contributed by atoms with van der Waals surface area (Å²) in [5.74, 6) is 1.17. The lowest BCUT2D eigenvalue weighted by atomic mass is 9.91. The molecule has 0 aromatic heterocycles. The molecule has 1 aromatic rings. The molecule has 2 nitrogen and oxygen atoms in total. The van der Waals surface area contributed by atoms with Crippen molar-refractivity contribution in [2.75, 3.05) is 20.3 Å². The first-order valence-corrected chi connectivity index (χ1v) is 7.49. The number of rotatable bonds is 3. The van der Waals surface area contributed by atoms with Crippen LogP contribution in [0.3, 0.4) is 0 Å². The number of halogens is 3. The van der Waals surface area contributed by atoms with E-state index in [1.165, 1.54) is 0 Å².